The Bertz CT molecular complexity index is 393. The molecule has 2 nitrogen and oxygen atoms in total. The van der Waals surface area contributed by atoms with E-state index in [2.05, 4.69) is 11.8 Å². The first-order chi connectivity index (χ1) is 7.63. The number of hydrogen-bond acceptors (Lipinski definition) is 2. The Kier molecular flexibility index (Phi) is 3.75. The number of fused-ring (bicyclic) bond motifs is 1. The maximum atomic E-state index is 6.27. The lowest BCUT2D eigenvalue weighted by molar-refractivity contribution is 0.204. The van der Waals surface area contributed by atoms with Gasteiger partial charge in [-0.15, -0.1) is 0 Å². The highest BCUT2D eigenvalue weighted by atomic mass is 35.5. The van der Waals surface area contributed by atoms with Crippen LogP contribution in [-0.2, 0) is 6.42 Å². The Morgan fingerprint density at radius 1 is 1.44 bits per heavy atom. The molecule has 1 aromatic carbocycles. The summed E-state index contributed by atoms with van der Waals surface area (Å²) >= 11 is 12.3. The van der Waals surface area contributed by atoms with Crippen LogP contribution in [0.2, 0.25) is 10.0 Å². The van der Waals surface area contributed by atoms with Crippen molar-refractivity contribution in [3.05, 3.63) is 33.3 Å². The zero-order chi connectivity index (χ0) is 11.7. The largest absolute Gasteiger partial charge is 0.329 e. The van der Waals surface area contributed by atoms with Gasteiger partial charge in [0.2, 0.25) is 0 Å². The average molecular weight is 259 g/mol. The molecular formula is C12H16Cl2N2. The molecule has 0 spiro atoms. The molecule has 2 rings (SSSR count). The maximum absolute atomic E-state index is 6.27. The molecule has 1 atom stereocenters. The van der Waals surface area contributed by atoms with E-state index in [0.717, 1.165) is 29.6 Å². The Labute approximate surface area is 106 Å². The highest BCUT2D eigenvalue weighted by Gasteiger charge is 2.25. The van der Waals surface area contributed by atoms with E-state index in [9.17, 15) is 0 Å². The third kappa shape index (κ3) is 2.21. The minimum absolute atomic E-state index is 0.331. The normalized spacial score (nSPS) is 20.9. The van der Waals surface area contributed by atoms with Crippen LogP contribution in [0.4, 0.5) is 0 Å². The number of nitrogens with zero attached hydrogens (tertiary/aromatic N) is 1. The van der Waals surface area contributed by atoms with Crippen molar-refractivity contribution in [1.82, 2.24) is 4.90 Å². The van der Waals surface area contributed by atoms with Crippen LogP contribution < -0.4 is 5.73 Å². The van der Waals surface area contributed by atoms with Gasteiger partial charge in [-0.3, -0.25) is 4.90 Å². The number of halogens is 2. The second-order valence-electron chi connectivity index (χ2n) is 4.21. The standard InChI is InChI=1S/C12H16Cl2N2/c1-8-12-9(2-4-16(8)5-3-15)6-10(13)7-11(12)14/h6-8H,2-5,15H2,1H3. The van der Waals surface area contributed by atoms with E-state index in [0.29, 0.717) is 12.6 Å². The highest BCUT2D eigenvalue weighted by Crippen LogP contribution is 2.36. The molecule has 0 saturated carbocycles. The number of benzene rings is 1. The van der Waals surface area contributed by atoms with E-state index in [1.807, 2.05) is 12.1 Å². The van der Waals surface area contributed by atoms with Crippen LogP contribution in [-0.4, -0.2) is 24.5 Å². The van der Waals surface area contributed by atoms with E-state index in [-0.39, 0.29) is 0 Å². The quantitative estimate of drug-likeness (QED) is 0.884. The number of nitrogens with two attached hydrogens (primary N) is 1. The monoisotopic (exact) mass is 258 g/mol. The third-order valence-corrected chi connectivity index (χ3v) is 3.76. The van der Waals surface area contributed by atoms with Gasteiger partial charge in [-0.1, -0.05) is 23.2 Å². The number of hydrogen-bond donors (Lipinski definition) is 1. The van der Waals surface area contributed by atoms with Crippen LogP contribution in [0.3, 0.4) is 0 Å². The molecule has 1 unspecified atom stereocenters. The van der Waals surface area contributed by atoms with Crippen molar-refractivity contribution in [2.24, 2.45) is 5.73 Å². The van der Waals surface area contributed by atoms with Crippen molar-refractivity contribution in [3.63, 3.8) is 0 Å². The average Bonchev–Trinajstić information content (AvgIpc) is 2.21. The lowest BCUT2D eigenvalue weighted by Crippen LogP contribution is -2.37. The van der Waals surface area contributed by atoms with Gasteiger partial charge in [0.25, 0.3) is 0 Å². The van der Waals surface area contributed by atoms with Gasteiger partial charge in [-0.05, 0) is 36.6 Å². The second-order valence-corrected chi connectivity index (χ2v) is 5.05. The molecule has 0 radical (unpaired) electrons. The Morgan fingerprint density at radius 2 is 2.19 bits per heavy atom. The van der Waals surface area contributed by atoms with Crippen LogP contribution in [0.15, 0.2) is 12.1 Å². The molecule has 88 valence electrons. The fraction of sp³-hybridized carbons (Fsp3) is 0.500. The first kappa shape index (κ1) is 12.2. The molecule has 1 aliphatic heterocycles. The van der Waals surface area contributed by atoms with Crippen molar-refractivity contribution >= 4 is 23.2 Å². The summed E-state index contributed by atoms with van der Waals surface area (Å²) in [6.07, 6.45) is 1.000. The zero-order valence-electron chi connectivity index (χ0n) is 9.34. The predicted octanol–water partition coefficient (Wildman–Crippen LogP) is 2.87. The number of rotatable bonds is 2. The summed E-state index contributed by atoms with van der Waals surface area (Å²) in [7, 11) is 0. The van der Waals surface area contributed by atoms with Crippen molar-refractivity contribution < 1.29 is 0 Å². The topological polar surface area (TPSA) is 29.3 Å². The second kappa shape index (κ2) is 4.92. The molecule has 0 amide bonds. The van der Waals surface area contributed by atoms with Crippen LogP contribution in [0, 0.1) is 0 Å². The minimum Gasteiger partial charge on any atom is -0.329 e. The van der Waals surface area contributed by atoms with E-state index in [1.165, 1.54) is 11.1 Å². The van der Waals surface area contributed by atoms with Gasteiger partial charge in [0.1, 0.15) is 0 Å². The van der Waals surface area contributed by atoms with Crippen LogP contribution in [0.5, 0.6) is 0 Å². The van der Waals surface area contributed by atoms with Gasteiger partial charge in [-0.25, -0.2) is 0 Å². The van der Waals surface area contributed by atoms with Gasteiger partial charge < -0.3 is 5.73 Å². The third-order valence-electron chi connectivity index (χ3n) is 3.23. The molecule has 16 heavy (non-hydrogen) atoms. The van der Waals surface area contributed by atoms with Gasteiger partial charge in [0.05, 0.1) is 0 Å². The van der Waals surface area contributed by atoms with Gasteiger partial charge in [0.15, 0.2) is 0 Å². The summed E-state index contributed by atoms with van der Waals surface area (Å²) in [5, 5.41) is 1.50. The Balaban J connectivity index is 2.36. The molecular weight excluding hydrogens is 243 g/mol. The molecule has 0 fully saturated rings. The summed E-state index contributed by atoms with van der Waals surface area (Å²) in [6, 6.07) is 4.18. The molecule has 0 bridgehead atoms. The Hall–Kier alpha value is -0.280. The van der Waals surface area contributed by atoms with Crippen molar-refractivity contribution in [2.75, 3.05) is 19.6 Å². The smallest absolute Gasteiger partial charge is 0.0471 e. The summed E-state index contributed by atoms with van der Waals surface area (Å²) in [5.41, 5.74) is 8.10. The summed E-state index contributed by atoms with van der Waals surface area (Å²) in [4.78, 5) is 2.36. The van der Waals surface area contributed by atoms with Gasteiger partial charge in [0, 0.05) is 35.7 Å². The van der Waals surface area contributed by atoms with Crippen molar-refractivity contribution in [1.29, 1.82) is 0 Å². The summed E-state index contributed by atoms with van der Waals surface area (Å²) < 4.78 is 0. The molecule has 1 aliphatic rings. The predicted molar refractivity (Wildman–Crippen MR) is 69.2 cm³/mol. The molecule has 0 saturated heterocycles. The summed E-state index contributed by atoms with van der Waals surface area (Å²) in [5.74, 6) is 0. The van der Waals surface area contributed by atoms with E-state index >= 15 is 0 Å². The molecule has 0 aliphatic carbocycles. The first-order valence-electron chi connectivity index (χ1n) is 5.55. The van der Waals surface area contributed by atoms with Crippen LogP contribution in [0.25, 0.3) is 0 Å². The molecule has 4 heteroatoms. The molecule has 1 aromatic rings. The van der Waals surface area contributed by atoms with Crippen molar-refractivity contribution in [3.8, 4) is 0 Å². The fourth-order valence-corrected chi connectivity index (χ4v) is 3.12. The van der Waals surface area contributed by atoms with E-state index < -0.39 is 0 Å². The summed E-state index contributed by atoms with van der Waals surface area (Å²) in [6.45, 7) is 4.81. The van der Waals surface area contributed by atoms with Gasteiger partial charge in [-0.2, -0.15) is 0 Å². The molecule has 1 heterocycles. The van der Waals surface area contributed by atoms with Crippen molar-refractivity contribution in [2.45, 2.75) is 19.4 Å². The lowest BCUT2D eigenvalue weighted by Gasteiger charge is -2.35. The van der Waals surface area contributed by atoms with Crippen LogP contribution in [0.1, 0.15) is 24.1 Å². The molecule has 2 N–H and O–H groups in total. The fourth-order valence-electron chi connectivity index (χ4n) is 2.42. The lowest BCUT2D eigenvalue weighted by atomic mass is 9.93. The Morgan fingerprint density at radius 3 is 2.88 bits per heavy atom. The maximum Gasteiger partial charge on any atom is 0.0471 e. The van der Waals surface area contributed by atoms with Crippen LogP contribution >= 0.6 is 23.2 Å². The van der Waals surface area contributed by atoms with E-state index in [1.54, 1.807) is 0 Å². The zero-order valence-corrected chi connectivity index (χ0v) is 10.9. The minimum atomic E-state index is 0.331. The molecule has 0 aromatic heterocycles. The SMILES string of the molecule is CC1c2c(Cl)cc(Cl)cc2CCN1CCN. The van der Waals surface area contributed by atoms with E-state index in [4.69, 9.17) is 28.9 Å². The first-order valence-corrected chi connectivity index (χ1v) is 6.31. The van der Waals surface area contributed by atoms with Gasteiger partial charge >= 0.3 is 0 Å². The highest BCUT2D eigenvalue weighted by molar-refractivity contribution is 6.35.